The summed E-state index contributed by atoms with van der Waals surface area (Å²) in [6.45, 7) is 1.77. The zero-order valence-corrected chi connectivity index (χ0v) is 18.4. The molecule has 14 nitrogen and oxygen atoms in total. The minimum atomic E-state index is -1.56. The molecule has 188 valence electrons. The van der Waals surface area contributed by atoms with Crippen LogP contribution in [0.25, 0.3) is 0 Å². The van der Waals surface area contributed by atoms with Crippen molar-refractivity contribution >= 4 is 35.6 Å². The van der Waals surface area contributed by atoms with Crippen LogP contribution in [0.1, 0.15) is 51.9 Å². The highest BCUT2D eigenvalue weighted by molar-refractivity contribution is 5.94. The summed E-state index contributed by atoms with van der Waals surface area (Å²) < 4.78 is 0. The molecule has 0 aliphatic rings. The molecule has 10 N–H and O–H groups in total. The fraction of sp³-hybridized carbons (Fsp3) is 0.684. The topological polar surface area (TPSA) is 251 Å². The Kier molecular flexibility index (Phi) is 14.0. The van der Waals surface area contributed by atoms with Gasteiger partial charge in [0.05, 0.1) is 6.04 Å². The third kappa shape index (κ3) is 13.0. The normalized spacial score (nSPS) is 14.3. The molecule has 0 heterocycles. The van der Waals surface area contributed by atoms with Crippen LogP contribution in [-0.4, -0.2) is 81.7 Å². The maximum atomic E-state index is 12.8. The lowest BCUT2D eigenvalue weighted by Gasteiger charge is -2.24. The van der Waals surface area contributed by atoms with Gasteiger partial charge in [0, 0.05) is 12.8 Å². The lowest BCUT2D eigenvalue weighted by molar-refractivity contribution is -0.144. The van der Waals surface area contributed by atoms with Crippen LogP contribution >= 0.6 is 0 Å². The summed E-state index contributed by atoms with van der Waals surface area (Å²) >= 11 is 0. The maximum absolute atomic E-state index is 12.8. The zero-order chi connectivity index (χ0) is 25.6. The van der Waals surface area contributed by atoms with Crippen LogP contribution in [0, 0.1) is 0 Å². The molecule has 0 saturated heterocycles. The molecule has 33 heavy (non-hydrogen) atoms. The number of hydrogen-bond acceptors (Lipinski definition) is 8. The average molecular weight is 475 g/mol. The Morgan fingerprint density at radius 1 is 0.697 bits per heavy atom. The molecular weight excluding hydrogens is 442 g/mol. The van der Waals surface area contributed by atoms with Gasteiger partial charge in [-0.05, 0) is 45.6 Å². The fourth-order valence-electron chi connectivity index (χ4n) is 2.67. The van der Waals surface area contributed by atoms with E-state index in [0.717, 1.165) is 0 Å². The predicted molar refractivity (Wildman–Crippen MR) is 114 cm³/mol. The van der Waals surface area contributed by atoms with Gasteiger partial charge in [0.2, 0.25) is 17.7 Å². The van der Waals surface area contributed by atoms with E-state index in [4.69, 9.17) is 21.7 Å². The molecular formula is C19H33N5O9. The van der Waals surface area contributed by atoms with Crippen molar-refractivity contribution in [3.63, 3.8) is 0 Å². The molecule has 4 atom stereocenters. The quantitative estimate of drug-likeness (QED) is 0.104. The van der Waals surface area contributed by atoms with Crippen LogP contribution < -0.4 is 27.4 Å². The number of nitrogens with one attached hydrogen (secondary N) is 3. The van der Waals surface area contributed by atoms with Crippen molar-refractivity contribution in [1.29, 1.82) is 0 Å². The van der Waals surface area contributed by atoms with Gasteiger partial charge in [-0.2, -0.15) is 0 Å². The lowest BCUT2D eigenvalue weighted by atomic mass is 10.0. The number of amides is 3. The van der Waals surface area contributed by atoms with Crippen molar-refractivity contribution in [2.75, 3.05) is 6.54 Å². The summed E-state index contributed by atoms with van der Waals surface area (Å²) in [6, 6.07) is -5.00. The first-order valence-electron chi connectivity index (χ1n) is 10.4. The van der Waals surface area contributed by atoms with Crippen LogP contribution in [0.4, 0.5) is 0 Å². The average Bonchev–Trinajstić information content (AvgIpc) is 2.72. The van der Waals surface area contributed by atoms with Crippen molar-refractivity contribution in [1.82, 2.24) is 16.0 Å². The smallest absolute Gasteiger partial charge is 0.326 e. The van der Waals surface area contributed by atoms with Crippen molar-refractivity contribution in [3.8, 4) is 0 Å². The van der Waals surface area contributed by atoms with E-state index in [2.05, 4.69) is 16.0 Å². The molecule has 4 unspecified atom stereocenters. The number of unbranched alkanes of at least 4 members (excludes halogenated alkanes) is 1. The summed E-state index contributed by atoms with van der Waals surface area (Å²) in [5, 5.41) is 33.8. The maximum Gasteiger partial charge on any atom is 0.326 e. The van der Waals surface area contributed by atoms with E-state index in [1.807, 2.05) is 0 Å². The second-order valence-electron chi connectivity index (χ2n) is 7.46. The van der Waals surface area contributed by atoms with Gasteiger partial charge >= 0.3 is 17.9 Å². The van der Waals surface area contributed by atoms with Gasteiger partial charge in [-0.25, -0.2) is 4.79 Å². The Morgan fingerprint density at radius 2 is 1.12 bits per heavy atom. The van der Waals surface area contributed by atoms with Gasteiger partial charge in [-0.3, -0.25) is 24.0 Å². The monoisotopic (exact) mass is 475 g/mol. The second kappa shape index (κ2) is 15.5. The predicted octanol–water partition coefficient (Wildman–Crippen LogP) is -2.27. The number of nitrogens with two attached hydrogens (primary N) is 2. The van der Waals surface area contributed by atoms with Crippen LogP contribution in [-0.2, 0) is 28.8 Å². The van der Waals surface area contributed by atoms with E-state index in [9.17, 15) is 33.9 Å². The van der Waals surface area contributed by atoms with E-state index in [1.54, 1.807) is 0 Å². The lowest BCUT2D eigenvalue weighted by Crippen LogP contribution is -2.57. The van der Waals surface area contributed by atoms with Gasteiger partial charge in [0.1, 0.15) is 18.1 Å². The second-order valence-corrected chi connectivity index (χ2v) is 7.46. The van der Waals surface area contributed by atoms with Crippen molar-refractivity contribution in [2.24, 2.45) is 11.5 Å². The first-order valence-corrected chi connectivity index (χ1v) is 10.4. The van der Waals surface area contributed by atoms with E-state index >= 15 is 0 Å². The van der Waals surface area contributed by atoms with E-state index in [0.29, 0.717) is 19.4 Å². The van der Waals surface area contributed by atoms with Crippen molar-refractivity contribution < 1.29 is 44.1 Å². The fourth-order valence-corrected chi connectivity index (χ4v) is 2.67. The third-order valence-electron chi connectivity index (χ3n) is 4.53. The number of rotatable bonds is 17. The minimum absolute atomic E-state index is 0.172. The van der Waals surface area contributed by atoms with Crippen LogP contribution in [0.15, 0.2) is 0 Å². The summed E-state index contributed by atoms with van der Waals surface area (Å²) in [5.74, 6) is -6.42. The molecule has 0 bridgehead atoms. The van der Waals surface area contributed by atoms with Crippen molar-refractivity contribution in [2.45, 2.75) is 76.0 Å². The Morgan fingerprint density at radius 3 is 1.55 bits per heavy atom. The number of carbonyl (C=O) groups is 6. The molecule has 0 aliphatic heterocycles. The molecule has 3 amide bonds. The van der Waals surface area contributed by atoms with Gasteiger partial charge in [-0.1, -0.05) is 0 Å². The Labute approximate surface area is 190 Å². The van der Waals surface area contributed by atoms with Gasteiger partial charge in [-0.15, -0.1) is 0 Å². The summed E-state index contributed by atoms with van der Waals surface area (Å²) in [6.07, 6.45) is -0.631. The Bertz CT molecular complexity index is 714. The van der Waals surface area contributed by atoms with Gasteiger partial charge in [0.25, 0.3) is 0 Å². The SMILES string of the molecule is CC(N)C(=O)NC(CCCCN)C(=O)NC(CCC(=O)O)C(=O)NC(CCC(=O)O)C(=O)O. The van der Waals surface area contributed by atoms with Gasteiger partial charge in [0.15, 0.2) is 0 Å². The number of carboxylic acids is 3. The van der Waals surface area contributed by atoms with Crippen LogP contribution in [0.5, 0.6) is 0 Å². The zero-order valence-electron chi connectivity index (χ0n) is 18.4. The molecule has 0 aromatic carbocycles. The molecule has 0 aliphatic carbocycles. The number of hydrogen-bond donors (Lipinski definition) is 8. The van der Waals surface area contributed by atoms with Crippen LogP contribution in [0.3, 0.4) is 0 Å². The Balaban J connectivity index is 5.48. The largest absolute Gasteiger partial charge is 0.481 e. The summed E-state index contributed by atoms with van der Waals surface area (Å²) in [5.41, 5.74) is 11.0. The molecule has 0 spiro atoms. The number of aliphatic carboxylic acids is 3. The standard InChI is InChI=1S/C19H33N5O9/c1-10(21)16(29)22-11(4-2-3-9-20)17(30)23-12(5-7-14(25)26)18(31)24-13(19(32)33)6-8-15(27)28/h10-13H,2-9,20-21H2,1H3,(H,22,29)(H,23,30)(H,24,31)(H,25,26)(H,27,28)(H,32,33). The Hall–Kier alpha value is -3.26. The van der Waals surface area contributed by atoms with Crippen LogP contribution in [0.2, 0.25) is 0 Å². The summed E-state index contributed by atoms with van der Waals surface area (Å²) in [7, 11) is 0. The first kappa shape index (κ1) is 29.7. The molecule has 14 heteroatoms. The molecule has 0 radical (unpaired) electrons. The van der Waals surface area contributed by atoms with Crippen molar-refractivity contribution in [3.05, 3.63) is 0 Å². The van der Waals surface area contributed by atoms with Gasteiger partial charge < -0.3 is 42.7 Å². The first-order chi connectivity index (χ1) is 15.4. The van der Waals surface area contributed by atoms with E-state index in [-0.39, 0.29) is 12.8 Å². The number of carboxylic acid groups (broad SMARTS) is 3. The highest BCUT2D eigenvalue weighted by Crippen LogP contribution is 2.06. The number of carbonyl (C=O) groups excluding carboxylic acids is 3. The molecule has 0 aromatic rings. The highest BCUT2D eigenvalue weighted by Gasteiger charge is 2.30. The third-order valence-corrected chi connectivity index (χ3v) is 4.53. The molecule has 0 aromatic heterocycles. The van der Waals surface area contributed by atoms with E-state index < -0.39 is 79.1 Å². The minimum Gasteiger partial charge on any atom is -0.481 e. The van der Waals surface area contributed by atoms with E-state index in [1.165, 1.54) is 6.92 Å². The summed E-state index contributed by atoms with van der Waals surface area (Å²) in [4.78, 5) is 70.4. The molecule has 0 saturated carbocycles. The molecule has 0 rings (SSSR count). The highest BCUT2D eigenvalue weighted by atomic mass is 16.4. The molecule has 0 fully saturated rings.